The predicted molar refractivity (Wildman–Crippen MR) is 76.8 cm³/mol. The van der Waals surface area contributed by atoms with Gasteiger partial charge in [-0.1, -0.05) is 0 Å². The summed E-state index contributed by atoms with van der Waals surface area (Å²) in [6, 6.07) is 4.26. The number of Topliss-reactive ketones (excluding diaryl/α,β-unsaturated/α-hetero) is 1. The summed E-state index contributed by atoms with van der Waals surface area (Å²) in [5.41, 5.74) is 2.05. The number of furan rings is 1. The van der Waals surface area contributed by atoms with Gasteiger partial charge in [-0.05, 0) is 37.6 Å². The first-order chi connectivity index (χ1) is 10.1. The summed E-state index contributed by atoms with van der Waals surface area (Å²) in [6.07, 6.45) is 3.75. The zero-order valence-electron chi connectivity index (χ0n) is 11.9. The fourth-order valence-corrected chi connectivity index (χ4v) is 2.40. The zero-order chi connectivity index (χ0) is 15.0. The predicted octanol–water partition coefficient (Wildman–Crippen LogP) is 3.52. The number of nitrogens with zero attached hydrogens (tertiary/aromatic N) is 2. The molecule has 0 atom stereocenters. The number of ketones is 1. The van der Waals surface area contributed by atoms with Gasteiger partial charge in [-0.25, -0.2) is 4.39 Å². The van der Waals surface area contributed by atoms with Crippen LogP contribution >= 0.6 is 0 Å². The Hall–Kier alpha value is -2.43. The monoisotopic (exact) mass is 286 g/mol. The van der Waals surface area contributed by atoms with Gasteiger partial charge in [-0.3, -0.25) is 9.48 Å². The zero-order valence-corrected chi connectivity index (χ0v) is 11.9. The average Bonchev–Trinajstić information content (AvgIpc) is 3.04. The Morgan fingerprint density at radius 2 is 2.24 bits per heavy atom. The SMILES string of the molecule is CCn1cc(CC(=O)c2oc3ccc(F)cc3c2C)cn1. The largest absolute Gasteiger partial charge is 0.453 e. The number of carbonyl (C=O) groups excluding carboxylic acids is 1. The van der Waals surface area contributed by atoms with Gasteiger partial charge >= 0.3 is 0 Å². The summed E-state index contributed by atoms with van der Waals surface area (Å²) in [5.74, 6) is -0.172. The molecule has 0 spiro atoms. The van der Waals surface area contributed by atoms with Crippen molar-refractivity contribution in [2.24, 2.45) is 0 Å². The van der Waals surface area contributed by atoms with Crippen molar-refractivity contribution in [3.05, 3.63) is 53.3 Å². The van der Waals surface area contributed by atoms with Gasteiger partial charge in [0.05, 0.1) is 6.20 Å². The van der Waals surface area contributed by atoms with Crippen molar-refractivity contribution < 1.29 is 13.6 Å². The Labute approximate surface area is 121 Å². The fraction of sp³-hybridized carbons (Fsp3) is 0.250. The lowest BCUT2D eigenvalue weighted by Crippen LogP contribution is -2.03. The smallest absolute Gasteiger partial charge is 0.202 e. The van der Waals surface area contributed by atoms with Gasteiger partial charge in [0.2, 0.25) is 5.78 Å². The Morgan fingerprint density at radius 1 is 1.43 bits per heavy atom. The number of hydrogen-bond acceptors (Lipinski definition) is 3. The first kappa shape index (κ1) is 13.5. The molecule has 0 fully saturated rings. The molecule has 0 amide bonds. The molecule has 0 aliphatic rings. The van der Waals surface area contributed by atoms with E-state index in [1.807, 2.05) is 13.1 Å². The van der Waals surface area contributed by atoms with E-state index >= 15 is 0 Å². The minimum absolute atomic E-state index is 0.125. The van der Waals surface area contributed by atoms with E-state index in [0.29, 0.717) is 22.3 Å². The maximum Gasteiger partial charge on any atom is 0.202 e. The second-order valence-corrected chi connectivity index (χ2v) is 5.00. The molecule has 3 rings (SSSR count). The van der Waals surface area contributed by atoms with Crippen LogP contribution in [0.4, 0.5) is 4.39 Å². The second kappa shape index (κ2) is 5.16. The van der Waals surface area contributed by atoms with Crippen LogP contribution in [0.2, 0.25) is 0 Å². The second-order valence-electron chi connectivity index (χ2n) is 5.00. The average molecular weight is 286 g/mol. The van der Waals surface area contributed by atoms with Crippen LogP contribution in [0.3, 0.4) is 0 Å². The van der Waals surface area contributed by atoms with Crippen molar-refractivity contribution in [2.75, 3.05) is 0 Å². The van der Waals surface area contributed by atoms with E-state index in [-0.39, 0.29) is 18.0 Å². The Kier molecular flexibility index (Phi) is 3.33. The van der Waals surface area contributed by atoms with Crippen LogP contribution in [-0.4, -0.2) is 15.6 Å². The number of rotatable bonds is 4. The van der Waals surface area contributed by atoms with Gasteiger partial charge < -0.3 is 4.42 Å². The molecule has 0 aliphatic heterocycles. The van der Waals surface area contributed by atoms with Gasteiger partial charge in [-0.2, -0.15) is 5.10 Å². The summed E-state index contributed by atoms with van der Waals surface area (Å²) in [5, 5.41) is 4.78. The molecule has 0 saturated carbocycles. The van der Waals surface area contributed by atoms with Crippen LogP contribution < -0.4 is 0 Å². The maximum atomic E-state index is 13.3. The molecule has 3 aromatic rings. The van der Waals surface area contributed by atoms with Crippen molar-refractivity contribution in [3.63, 3.8) is 0 Å². The molecular weight excluding hydrogens is 271 g/mol. The first-order valence-electron chi connectivity index (χ1n) is 6.81. The van der Waals surface area contributed by atoms with Gasteiger partial charge in [0, 0.05) is 30.1 Å². The molecule has 5 heteroatoms. The summed E-state index contributed by atoms with van der Waals surface area (Å²) in [7, 11) is 0. The van der Waals surface area contributed by atoms with Crippen molar-refractivity contribution in [2.45, 2.75) is 26.8 Å². The molecule has 4 nitrogen and oxygen atoms in total. The van der Waals surface area contributed by atoms with Crippen molar-refractivity contribution in [3.8, 4) is 0 Å². The normalized spacial score (nSPS) is 11.2. The van der Waals surface area contributed by atoms with Crippen LogP contribution in [0.25, 0.3) is 11.0 Å². The highest BCUT2D eigenvalue weighted by Crippen LogP contribution is 2.26. The Bertz CT molecular complexity index is 817. The van der Waals surface area contributed by atoms with Crippen molar-refractivity contribution in [1.82, 2.24) is 9.78 Å². The Balaban J connectivity index is 1.92. The molecule has 0 bridgehead atoms. The van der Waals surface area contributed by atoms with Crippen LogP contribution in [0, 0.1) is 12.7 Å². The minimum Gasteiger partial charge on any atom is -0.453 e. The molecule has 1 aromatic carbocycles. The van der Waals surface area contributed by atoms with E-state index in [1.165, 1.54) is 12.1 Å². The van der Waals surface area contributed by atoms with Crippen LogP contribution in [0.15, 0.2) is 35.0 Å². The molecule has 0 aliphatic carbocycles. The number of benzene rings is 1. The maximum absolute atomic E-state index is 13.3. The molecule has 2 heterocycles. The molecule has 2 aromatic heterocycles. The van der Waals surface area contributed by atoms with E-state index in [2.05, 4.69) is 5.10 Å². The molecule has 108 valence electrons. The third kappa shape index (κ3) is 2.46. The first-order valence-corrected chi connectivity index (χ1v) is 6.81. The van der Waals surface area contributed by atoms with E-state index in [0.717, 1.165) is 12.1 Å². The summed E-state index contributed by atoms with van der Waals surface area (Å²) >= 11 is 0. The number of halogens is 1. The van der Waals surface area contributed by atoms with Crippen LogP contribution in [-0.2, 0) is 13.0 Å². The van der Waals surface area contributed by atoms with Gasteiger partial charge in [-0.15, -0.1) is 0 Å². The third-order valence-corrected chi connectivity index (χ3v) is 3.53. The van der Waals surface area contributed by atoms with Crippen LogP contribution in [0.5, 0.6) is 0 Å². The lowest BCUT2D eigenvalue weighted by Gasteiger charge is -1.96. The summed E-state index contributed by atoms with van der Waals surface area (Å²) in [6.45, 7) is 4.52. The topological polar surface area (TPSA) is 48.0 Å². The lowest BCUT2D eigenvalue weighted by atomic mass is 10.1. The number of carbonyl (C=O) groups is 1. The van der Waals surface area contributed by atoms with E-state index in [9.17, 15) is 9.18 Å². The molecule has 21 heavy (non-hydrogen) atoms. The van der Waals surface area contributed by atoms with E-state index in [1.54, 1.807) is 23.9 Å². The fourth-order valence-electron chi connectivity index (χ4n) is 2.40. The van der Waals surface area contributed by atoms with Crippen LogP contribution in [0.1, 0.15) is 28.6 Å². The lowest BCUT2D eigenvalue weighted by molar-refractivity contribution is 0.0967. The van der Waals surface area contributed by atoms with Gasteiger partial charge in [0.25, 0.3) is 0 Å². The minimum atomic E-state index is -0.338. The Morgan fingerprint density at radius 3 is 2.95 bits per heavy atom. The van der Waals surface area contributed by atoms with E-state index < -0.39 is 0 Å². The van der Waals surface area contributed by atoms with E-state index in [4.69, 9.17) is 4.42 Å². The number of aromatic nitrogens is 2. The van der Waals surface area contributed by atoms with Gasteiger partial charge in [0.1, 0.15) is 11.4 Å². The quantitative estimate of drug-likeness (QED) is 0.689. The molecule has 0 saturated heterocycles. The molecule has 0 radical (unpaired) electrons. The van der Waals surface area contributed by atoms with Gasteiger partial charge in [0.15, 0.2) is 5.76 Å². The summed E-state index contributed by atoms with van der Waals surface area (Å²) < 4.78 is 20.6. The highest BCUT2D eigenvalue weighted by molar-refractivity contribution is 6.01. The van der Waals surface area contributed by atoms with Crippen molar-refractivity contribution >= 4 is 16.8 Å². The standard InChI is InChI=1S/C16H15FN2O2/c1-3-19-9-11(8-18-19)6-14(20)16-10(2)13-7-12(17)4-5-15(13)21-16/h4-5,7-9H,3,6H2,1-2H3. The molecule has 0 N–H and O–H groups in total. The molecular formula is C16H15FN2O2. The highest BCUT2D eigenvalue weighted by atomic mass is 19.1. The molecule has 0 unspecified atom stereocenters. The third-order valence-electron chi connectivity index (χ3n) is 3.53. The number of hydrogen-bond donors (Lipinski definition) is 0. The number of aryl methyl sites for hydroxylation is 2. The highest BCUT2D eigenvalue weighted by Gasteiger charge is 2.18. The van der Waals surface area contributed by atoms with Crippen molar-refractivity contribution in [1.29, 1.82) is 0 Å². The summed E-state index contributed by atoms with van der Waals surface area (Å²) in [4.78, 5) is 12.4. The number of fused-ring (bicyclic) bond motifs is 1.